The van der Waals surface area contributed by atoms with Gasteiger partial charge in [0.05, 0.1) is 0 Å². The molecule has 1 rings (SSSR count). The van der Waals surface area contributed by atoms with Crippen LogP contribution in [0.1, 0.15) is 6.92 Å². The fourth-order valence-corrected chi connectivity index (χ4v) is 0.820. The lowest BCUT2D eigenvalue weighted by Crippen LogP contribution is -2.08. The van der Waals surface area contributed by atoms with Crippen LogP contribution in [0.4, 0.5) is 0 Å². The smallest absolute Gasteiger partial charge is 0.137 e. The Morgan fingerprint density at radius 1 is 1.70 bits per heavy atom. The van der Waals surface area contributed by atoms with Crippen LogP contribution in [0.3, 0.4) is 0 Å². The van der Waals surface area contributed by atoms with Gasteiger partial charge in [0.15, 0.2) is 0 Å². The number of thiol groups is 1. The highest BCUT2D eigenvalue weighted by Crippen LogP contribution is 1.99. The summed E-state index contributed by atoms with van der Waals surface area (Å²) in [5.41, 5.74) is 0. The molecule has 0 aliphatic rings. The normalized spacial score (nSPS) is 13.4. The lowest BCUT2D eigenvalue weighted by atomic mass is 10.2. The van der Waals surface area contributed by atoms with Gasteiger partial charge in [-0.1, -0.05) is 6.92 Å². The van der Waals surface area contributed by atoms with E-state index in [1.807, 2.05) is 4.68 Å². The van der Waals surface area contributed by atoms with Crippen LogP contribution in [0.15, 0.2) is 12.7 Å². The Hall–Kier alpha value is -0.510. The Morgan fingerprint density at radius 3 is 3.00 bits per heavy atom. The monoisotopic (exact) mass is 157 g/mol. The summed E-state index contributed by atoms with van der Waals surface area (Å²) in [6, 6.07) is 0. The molecular formula is C6H11N3S. The summed E-state index contributed by atoms with van der Waals surface area (Å²) < 4.78 is 1.82. The standard InChI is InChI=1S/C6H11N3S/c1-6(3-10)2-9-5-7-4-8-9/h4-6,10H,2-3H2,1H3. The molecule has 0 aromatic carbocycles. The Labute approximate surface area is 65.9 Å². The molecule has 1 aromatic rings. The van der Waals surface area contributed by atoms with Crippen LogP contribution in [0.2, 0.25) is 0 Å². The molecule has 1 aromatic heterocycles. The van der Waals surface area contributed by atoms with E-state index in [0.29, 0.717) is 5.92 Å². The van der Waals surface area contributed by atoms with E-state index in [2.05, 4.69) is 29.6 Å². The third kappa shape index (κ3) is 2.02. The predicted molar refractivity (Wildman–Crippen MR) is 43.0 cm³/mol. The summed E-state index contributed by atoms with van der Waals surface area (Å²) in [5, 5.41) is 3.98. The molecule has 0 amide bonds. The van der Waals surface area contributed by atoms with Gasteiger partial charge in [-0.2, -0.15) is 17.7 Å². The van der Waals surface area contributed by atoms with Gasteiger partial charge in [0.1, 0.15) is 12.7 Å². The van der Waals surface area contributed by atoms with E-state index in [-0.39, 0.29) is 0 Å². The summed E-state index contributed by atoms with van der Waals surface area (Å²) in [6.07, 6.45) is 3.27. The van der Waals surface area contributed by atoms with Crippen molar-refractivity contribution < 1.29 is 0 Å². The zero-order chi connectivity index (χ0) is 7.40. The summed E-state index contributed by atoms with van der Waals surface area (Å²) in [4.78, 5) is 3.84. The molecule has 4 heteroatoms. The largest absolute Gasteiger partial charge is 0.253 e. The number of rotatable bonds is 3. The Morgan fingerprint density at radius 2 is 2.50 bits per heavy atom. The molecule has 10 heavy (non-hydrogen) atoms. The molecule has 1 heterocycles. The molecule has 0 N–H and O–H groups in total. The Balaban J connectivity index is 2.40. The zero-order valence-corrected chi connectivity index (χ0v) is 6.83. The summed E-state index contributed by atoms with van der Waals surface area (Å²) in [5.74, 6) is 1.45. The van der Waals surface area contributed by atoms with E-state index in [1.165, 1.54) is 0 Å². The average molecular weight is 157 g/mol. The van der Waals surface area contributed by atoms with Crippen LogP contribution in [-0.4, -0.2) is 20.5 Å². The highest BCUT2D eigenvalue weighted by molar-refractivity contribution is 7.80. The van der Waals surface area contributed by atoms with Crippen molar-refractivity contribution in [2.75, 3.05) is 5.75 Å². The van der Waals surface area contributed by atoms with Crippen LogP contribution in [0.5, 0.6) is 0 Å². The van der Waals surface area contributed by atoms with Gasteiger partial charge in [-0.25, -0.2) is 4.98 Å². The van der Waals surface area contributed by atoms with E-state index >= 15 is 0 Å². The fourth-order valence-electron chi connectivity index (χ4n) is 0.704. The lowest BCUT2D eigenvalue weighted by Gasteiger charge is -2.05. The number of aromatic nitrogens is 3. The average Bonchev–Trinajstić information content (AvgIpc) is 2.40. The van der Waals surface area contributed by atoms with Crippen LogP contribution < -0.4 is 0 Å². The molecule has 0 aliphatic carbocycles. The Bertz CT molecular complexity index is 173. The third-order valence-electron chi connectivity index (χ3n) is 1.28. The van der Waals surface area contributed by atoms with E-state index in [1.54, 1.807) is 12.7 Å². The maximum absolute atomic E-state index is 4.17. The second-order valence-electron chi connectivity index (χ2n) is 2.41. The summed E-state index contributed by atoms with van der Waals surface area (Å²) in [6.45, 7) is 3.04. The van der Waals surface area contributed by atoms with Crippen molar-refractivity contribution in [2.45, 2.75) is 13.5 Å². The van der Waals surface area contributed by atoms with Gasteiger partial charge in [0.25, 0.3) is 0 Å². The van der Waals surface area contributed by atoms with E-state index in [9.17, 15) is 0 Å². The predicted octanol–water partition coefficient (Wildman–Crippen LogP) is 0.844. The van der Waals surface area contributed by atoms with E-state index in [0.717, 1.165) is 12.3 Å². The van der Waals surface area contributed by atoms with Crippen molar-refractivity contribution in [3.8, 4) is 0 Å². The molecule has 3 nitrogen and oxygen atoms in total. The minimum Gasteiger partial charge on any atom is -0.253 e. The number of hydrogen-bond acceptors (Lipinski definition) is 3. The molecule has 0 spiro atoms. The first-order valence-electron chi connectivity index (χ1n) is 3.26. The molecule has 0 saturated carbocycles. The highest BCUT2D eigenvalue weighted by Gasteiger charge is 1.99. The summed E-state index contributed by atoms with van der Waals surface area (Å²) >= 11 is 4.17. The lowest BCUT2D eigenvalue weighted by molar-refractivity contribution is 0.489. The van der Waals surface area contributed by atoms with Gasteiger partial charge >= 0.3 is 0 Å². The number of nitrogens with zero attached hydrogens (tertiary/aromatic N) is 3. The zero-order valence-electron chi connectivity index (χ0n) is 5.94. The minimum atomic E-state index is 0.560. The van der Waals surface area contributed by atoms with Gasteiger partial charge in [0, 0.05) is 6.54 Å². The van der Waals surface area contributed by atoms with Gasteiger partial charge in [-0.3, -0.25) is 4.68 Å². The summed E-state index contributed by atoms with van der Waals surface area (Å²) in [7, 11) is 0. The minimum absolute atomic E-state index is 0.560. The van der Waals surface area contributed by atoms with E-state index in [4.69, 9.17) is 0 Å². The first-order chi connectivity index (χ1) is 4.83. The first kappa shape index (κ1) is 7.60. The second-order valence-corrected chi connectivity index (χ2v) is 2.77. The quantitative estimate of drug-likeness (QED) is 0.659. The van der Waals surface area contributed by atoms with Crippen LogP contribution >= 0.6 is 12.6 Å². The molecule has 0 bridgehead atoms. The van der Waals surface area contributed by atoms with Crippen molar-refractivity contribution in [1.29, 1.82) is 0 Å². The molecule has 56 valence electrons. The SMILES string of the molecule is CC(CS)Cn1cncn1. The maximum Gasteiger partial charge on any atom is 0.137 e. The van der Waals surface area contributed by atoms with Crippen molar-refractivity contribution >= 4 is 12.6 Å². The van der Waals surface area contributed by atoms with Crippen molar-refractivity contribution in [3.63, 3.8) is 0 Å². The van der Waals surface area contributed by atoms with Crippen LogP contribution in [0.25, 0.3) is 0 Å². The Kier molecular flexibility index (Phi) is 2.74. The van der Waals surface area contributed by atoms with Gasteiger partial charge in [-0.15, -0.1) is 0 Å². The first-order valence-corrected chi connectivity index (χ1v) is 3.89. The van der Waals surface area contributed by atoms with Crippen LogP contribution in [0, 0.1) is 5.92 Å². The molecule has 1 unspecified atom stereocenters. The molecular weight excluding hydrogens is 146 g/mol. The van der Waals surface area contributed by atoms with Gasteiger partial charge in [-0.05, 0) is 11.7 Å². The molecule has 0 aliphatic heterocycles. The molecule has 0 saturated heterocycles. The van der Waals surface area contributed by atoms with Crippen molar-refractivity contribution in [2.24, 2.45) is 5.92 Å². The molecule has 0 fully saturated rings. The van der Waals surface area contributed by atoms with Gasteiger partial charge in [0.2, 0.25) is 0 Å². The molecule has 1 atom stereocenters. The van der Waals surface area contributed by atoms with Crippen molar-refractivity contribution in [1.82, 2.24) is 14.8 Å². The topological polar surface area (TPSA) is 30.7 Å². The fraction of sp³-hybridized carbons (Fsp3) is 0.667. The number of hydrogen-bond donors (Lipinski definition) is 1. The van der Waals surface area contributed by atoms with E-state index < -0.39 is 0 Å². The second kappa shape index (κ2) is 3.61. The third-order valence-corrected chi connectivity index (χ3v) is 1.90. The molecule has 0 radical (unpaired) electrons. The maximum atomic E-state index is 4.17. The van der Waals surface area contributed by atoms with Crippen LogP contribution in [-0.2, 0) is 6.54 Å². The van der Waals surface area contributed by atoms with Crippen molar-refractivity contribution in [3.05, 3.63) is 12.7 Å². The highest BCUT2D eigenvalue weighted by atomic mass is 32.1. The van der Waals surface area contributed by atoms with Gasteiger partial charge < -0.3 is 0 Å².